The number of hydrogen-bond donors (Lipinski definition) is 2. The summed E-state index contributed by atoms with van der Waals surface area (Å²) in [4.78, 5) is 44.0. The Hall–Kier alpha value is -3.10. The van der Waals surface area contributed by atoms with Crippen LogP contribution >= 0.6 is 23.2 Å². The number of ether oxygens (including phenoxy) is 1. The quantitative estimate of drug-likeness (QED) is 0.411. The Kier molecular flexibility index (Phi) is 8.95. The van der Waals surface area contributed by atoms with Gasteiger partial charge in [0.15, 0.2) is 0 Å². The van der Waals surface area contributed by atoms with Gasteiger partial charge >= 0.3 is 5.97 Å². The molecule has 4 rings (SSSR count). The minimum absolute atomic E-state index is 0.187. The largest absolute Gasteiger partial charge is 0.467 e. The van der Waals surface area contributed by atoms with E-state index in [4.69, 9.17) is 32.8 Å². The van der Waals surface area contributed by atoms with Crippen LogP contribution in [0.15, 0.2) is 47.6 Å². The fraction of sp³-hybridized carbons (Fsp3) is 0.429. The zero-order valence-electron chi connectivity index (χ0n) is 21.4. The van der Waals surface area contributed by atoms with Crippen LogP contribution in [-0.2, 0) is 25.6 Å². The van der Waals surface area contributed by atoms with Gasteiger partial charge in [-0.05, 0) is 49.6 Å². The molecule has 0 aromatic heterocycles. The molecular weight excluding hydrogens is 529 g/mol. The van der Waals surface area contributed by atoms with E-state index in [1.807, 2.05) is 0 Å². The van der Waals surface area contributed by atoms with Crippen molar-refractivity contribution in [1.29, 1.82) is 0 Å². The van der Waals surface area contributed by atoms with Crippen molar-refractivity contribution < 1.29 is 24.0 Å². The second-order valence-corrected chi connectivity index (χ2v) is 10.7. The number of anilines is 1. The third-order valence-corrected chi connectivity index (χ3v) is 7.70. The van der Waals surface area contributed by atoms with Crippen molar-refractivity contribution in [3.8, 4) is 0 Å². The summed E-state index contributed by atoms with van der Waals surface area (Å²) in [5.74, 6) is -1.07. The van der Waals surface area contributed by atoms with Crippen molar-refractivity contribution >= 4 is 52.4 Å². The first kappa shape index (κ1) is 27.9. The van der Waals surface area contributed by atoms with Gasteiger partial charge in [-0.2, -0.15) is 0 Å². The summed E-state index contributed by atoms with van der Waals surface area (Å²) >= 11 is 12.2. The minimum Gasteiger partial charge on any atom is -0.467 e. The first-order valence-electron chi connectivity index (χ1n) is 12.7. The fourth-order valence-corrected chi connectivity index (χ4v) is 5.43. The molecule has 2 amide bonds. The maximum absolute atomic E-state index is 13.2. The van der Waals surface area contributed by atoms with Crippen LogP contribution in [-0.4, -0.2) is 42.2 Å². The van der Waals surface area contributed by atoms with Crippen LogP contribution in [0.1, 0.15) is 61.4 Å². The Morgan fingerprint density at radius 1 is 1.08 bits per heavy atom. The second kappa shape index (κ2) is 12.2. The van der Waals surface area contributed by atoms with Gasteiger partial charge in [-0.15, -0.1) is 0 Å². The molecule has 2 aromatic rings. The molecule has 202 valence electrons. The molecule has 1 saturated carbocycles. The summed E-state index contributed by atoms with van der Waals surface area (Å²) in [6, 6.07) is 10.8. The Balaban J connectivity index is 1.38. The van der Waals surface area contributed by atoms with Gasteiger partial charge in [0, 0.05) is 24.4 Å². The van der Waals surface area contributed by atoms with Gasteiger partial charge in [-0.25, -0.2) is 4.79 Å². The number of nitrogens with one attached hydrogen (secondary N) is 2. The van der Waals surface area contributed by atoms with Crippen LogP contribution in [0.4, 0.5) is 5.69 Å². The lowest BCUT2D eigenvalue weighted by molar-refractivity contribution is -0.150. The average Bonchev–Trinajstić information content (AvgIpc) is 3.32. The second-order valence-electron chi connectivity index (χ2n) is 9.92. The molecule has 2 aliphatic rings. The van der Waals surface area contributed by atoms with Crippen molar-refractivity contribution in [2.45, 2.75) is 63.5 Å². The highest BCUT2D eigenvalue weighted by Gasteiger charge is 2.45. The van der Waals surface area contributed by atoms with Gasteiger partial charge in [-0.1, -0.05) is 65.8 Å². The third kappa shape index (κ3) is 6.48. The smallest absolute Gasteiger partial charge is 0.328 e. The van der Waals surface area contributed by atoms with Crippen LogP contribution in [0.5, 0.6) is 0 Å². The summed E-state index contributed by atoms with van der Waals surface area (Å²) in [6.07, 6.45) is 6.27. The third-order valence-electron chi connectivity index (χ3n) is 7.07. The van der Waals surface area contributed by atoms with Crippen molar-refractivity contribution in [2.24, 2.45) is 11.1 Å². The summed E-state index contributed by atoms with van der Waals surface area (Å²) in [6.45, 7) is 1.69. The predicted molar refractivity (Wildman–Crippen MR) is 147 cm³/mol. The number of rotatable bonds is 8. The molecule has 2 aromatic carbocycles. The molecule has 1 aliphatic carbocycles. The summed E-state index contributed by atoms with van der Waals surface area (Å²) < 4.78 is 4.94. The molecule has 1 unspecified atom stereocenters. The average molecular weight is 560 g/mol. The summed E-state index contributed by atoms with van der Waals surface area (Å²) in [7, 11) is 1.28. The number of carbonyl (C=O) groups is 3. The molecule has 10 heteroatoms. The predicted octanol–water partition coefficient (Wildman–Crippen LogP) is 5.56. The van der Waals surface area contributed by atoms with Crippen molar-refractivity contribution in [3.63, 3.8) is 0 Å². The van der Waals surface area contributed by atoms with E-state index < -0.39 is 29.4 Å². The van der Waals surface area contributed by atoms with Crippen LogP contribution in [0.25, 0.3) is 0 Å². The standard InChI is InChI=1S/C28H31Cl2N3O5/c1-28(16-23(33-38-28)18-7-4-3-5-8-18)27(36)32-22(26(35)37-2)15-17-11-13-19(14-12-17)31-25(34)24-20(29)9-6-10-21(24)30/h6,9-14,18,22H,3-5,7-8,15-16H2,1-2H3,(H,31,34)(H,32,36)/t22-,28?/m0/s1. The van der Waals surface area contributed by atoms with Gasteiger partial charge in [0.05, 0.1) is 28.4 Å². The lowest BCUT2D eigenvalue weighted by Crippen LogP contribution is -2.52. The lowest BCUT2D eigenvalue weighted by atomic mass is 9.82. The molecule has 0 bridgehead atoms. The Morgan fingerprint density at radius 2 is 1.74 bits per heavy atom. The highest BCUT2D eigenvalue weighted by molar-refractivity contribution is 6.40. The van der Waals surface area contributed by atoms with E-state index in [-0.39, 0.29) is 22.0 Å². The summed E-state index contributed by atoms with van der Waals surface area (Å²) in [5, 5.41) is 10.3. The zero-order valence-corrected chi connectivity index (χ0v) is 22.9. The first-order chi connectivity index (χ1) is 18.2. The molecule has 0 saturated heterocycles. The monoisotopic (exact) mass is 559 g/mol. The normalized spacial score (nSPS) is 20.2. The highest BCUT2D eigenvalue weighted by Crippen LogP contribution is 2.33. The molecule has 38 heavy (non-hydrogen) atoms. The van der Waals surface area contributed by atoms with Gasteiger partial charge in [0.1, 0.15) is 6.04 Å². The van der Waals surface area contributed by atoms with Crippen molar-refractivity contribution in [2.75, 3.05) is 12.4 Å². The topological polar surface area (TPSA) is 106 Å². The van der Waals surface area contributed by atoms with Gasteiger partial charge in [0.2, 0.25) is 5.60 Å². The van der Waals surface area contributed by atoms with Gasteiger partial charge < -0.3 is 20.2 Å². The summed E-state index contributed by atoms with van der Waals surface area (Å²) in [5.41, 5.74) is 1.21. The molecule has 2 atom stereocenters. The number of esters is 1. The zero-order chi connectivity index (χ0) is 27.3. The minimum atomic E-state index is -1.17. The maximum Gasteiger partial charge on any atom is 0.328 e. The molecular formula is C28H31Cl2N3O5. The number of benzene rings is 2. The maximum atomic E-state index is 13.2. The van der Waals surface area contributed by atoms with E-state index in [1.165, 1.54) is 13.5 Å². The van der Waals surface area contributed by atoms with E-state index in [0.717, 1.165) is 37.0 Å². The molecule has 1 fully saturated rings. The van der Waals surface area contributed by atoms with E-state index in [9.17, 15) is 14.4 Å². The highest BCUT2D eigenvalue weighted by atomic mass is 35.5. The first-order valence-corrected chi connectivity index (χ1v) is 13.4. The SMILES string of the molecule is COC(=O)[C@H](Cc1ccc(NC(=O)c2c(Cl)cccc2Cl)cc1)NC(=O)C1(C)CC(C2CCCCC2)=NO1. The Labute approximate surface area is 232 Å². The van der Waals surface area contributed by atoms with Crippen LogP contribution in [0.3, 0.4) is 0 Å². The van der Waals surface area contributed by atoms with Gasteiger partial charge in [-0.3, -0.25) is 9.59 Å². The van der Waals surface area contributed by atoms with Crippen LogP contribution in [0.2, 0.25) is 10.0 Å². The number of amides is 2. The fourth-order valence-electron chi connectivity index (χ4n) is 4.86. The van der Waals surface area contributed by atoms with Gasteiger partial charge in [0.25, 0.3) is 11.8 Å². The molecule has 0 radical (unpaired) electrons. The Bertz CT molecular complexity index is 1210. The van der Waals surface area contributed by atoms with E-state index in [2.05, 4.69) is 15.8 Å². The van der Waals surface area contributed by atoms with E-state index >= 15 is 0 Å². The molecule has 8 nitrogen and oxygen atoms in total. The van der Waals surface area contributed by atoms with Crippen LogP contribution < -0.4 is 10.6 Å². The number of methoxy groups -OCH3 is 1. The molecule has 0 spiro atoms. The Morgan fingerprint density at radius 3 is 2.37 bits per heavy atom. The lowest BCUT2D eigenvalue weighted by Gasteiger charge is -2.25. The number of nitrogens with zero attached hydrogens (tertiary/aromatic N) is 1. The van der Waals surface area contributed by atoms with Crippen LogP contribution in [0, 0.1) is 5.92 Å². The van der Waals surface area contributed by atoms with E-state index in [0.29, 0.717) is 18.0 Å². The molecule has 1 aliphatic heterocycles. The molecule has 1 heterocycles. The van der Waals surface area contributed by atoms with E-state index in [1.54, 1.807) is 49.4 Å². The number of oxime groups is 1. The number of halogens is 2. The number of carbonyl (C=O) groups excluding carboxylic acids is 3. The van der Waals surface area contributed by atoms with Crippen molar-refractivity contribution in [1.82, 2.24) is 5.32 Å². The van der Waals surface area contributed by atoms with Crippen molar-refractivity contribution in [3.05, 3.63) is 63.6 Å². The molecule has 2 N–H and O–H groups in total. The number of hydrogen-bond acceptors (Lipinski definition) is 6.